The molecule has 0 atom stereocenters. The Labute approximate surface area is 234 Å². The predicted molar refractivity (Wildman–Crippen MR) is 166 cm³/mol. The standard InChI is InChI=1S/C30H24N2S4/c33-27(23-13-5-1-6-14-23)31(28(34)24-15-7-2-8-16-24)21-22-32(29(35)25-17-9-3-10-18-25)30(36)26-19-11-4-12-20-26/h1-20H,21-22H2. The molecule has 0 spiro atoms. The molecule has 0 aromatic heterocycles. The molecular weight excluding hydrogens is 517 g/mol. The second-order valence-corrected chi connectivity index (χ2v) is 9.53. The van der Waals surface area contributed by atoms with E-state index in [1.807, 2.05) is 131 Å². The topological polar surface area (TPSA) is 6.48 Å². The molecule has 0 saturated carbocycles. The van der Waals surface area contributed by atoms with Gasteiger partial charge in [0.2, 0.25) is 0 Å². The lowest BCUT2D eigenvalue weighted by Gasteiger charge is -2.32. The first-order valence-corrected chi connectivity index (χ1v) is 13.1. The third-order valence-electron chi connectivity index (χ3n) is 5.61. The Morgan fingerprint density at radius 1 is 0.361 bits per heavy atom. The van der Waals surface area contributed by atoms with Crippen LogP contribution in [0.1, 0.15) is 22.3 Å². The fourth-order valence-electron chi connectivity index (χ4n) is 3.74. The molecule has 0 bridgehead atoms. The third kappa shape index (κ3) is 6.33. The monoisotopic (exact) mass is 540 g/mol. The van der Waals surface area contributed by atoms with Gasteiger partial charge in [-0.2, -0.15) is 0 Å². The van der Waals surface area contributed by atoms with E-state index in [9.17, 15) is 0 Å². The Morgan fingerprint density at radius 2 is 0.556 bits per heavy atom. The SMILES string of the molecule is S=C(c1ccccc1)N(CCN(C(=S)c1ccccc1)C(=S)c1ccccc1)C(=S)c1ccccc1. The summed E-state index contributed by atoms with van der Waals surface area (Å²) in [6, 6.07) is 39.8. The van der Waals surface area contributed by atoms with Gasteiger partial charge in [-0.15, -0.1) is 0 Å². The number of thiocarbonyl (C=S) groups is 4. The maximum absolute atomic E-state index is 5.94. The smallest absolute Gasteiger partial charge is 0.114 e. The van der Waals surface area contributed by atoms with Gasteiger partial charge in [0, 0.05) is 35.3 Å². The highest BCUT2D eigenvalue weighted by Crippen LogP contribution is 2.16. The van der Waals surface area contributed by atoms with Gasteiger partial charge in [0.1, 0.15) is 20.0 Å². The molecule has 2 nitrogen and oxygen atoms in total. The van der Waals surface area contributed by atoms with E-state index in [1.165, 1.54) is 0 Å². The molecule has 0 fully saturated rings. The van der Waals surface area contributed by atoms with Crippen LogP contribution in [-0.4, -0.2) is 42.8 Å². The minimum atomic E-state index is 0.515. The van der Waals surface area contributed by atoms with Crippen LogP contribution in [0.5, 0.6) is 0 Å². The summed E-state index contributed by atoms with van der Waals surface area (Å²) in [5.74, 6) is 0. The third-order valence-corrected chi connectivity index (χ3v) is 7.44. The van der Waals surface area contributed by atoms with Crippen molar-refractivity contribution in [1.82, 2.24) is 9.80 Å². The van der Waals surface area contributed by atoms with Crippen LogP contribution < -0.4 is 0 Å². The van der Waals surface area contributed by atoms with Crippen LogP contribution in [0.25, 0.3) is 0 Å². The zero-order valence-electron chi connectivity index (χ0n) is 19.5. The lowest BCUT2D eigenvalue weighted by Crippen LogP contribution is -2.45. The predicted octanol–water partition coefficient (Wildman–Crippen LogP) is 7.09. The molecule has 6 heteroatoms. The van der Waals surface area contributed by atoms with E-state index in [4.69, 9.17) is 48.9 Å². The molecule has 0 aliphatic rings. The first-order valence-electron chi connectivity index (χ1n) is 11.5. The molecule has 4 aromatic rings. The molecule has 0 aliphatic carbocycles. The van der Waals surface area contributed by atoms with Crippen molar-refractivity contribution in [3.63, 3.8) is 0 Å². The lowest BCUT2D eigenvalue weighted by molar-refractivity contribution is 0.526. The van der Waals surface area contributed by atoms with Gasteiger partial charge in [0.05, 0.1) is 0 Å². The first-order chi connectivity index (χ1) is 17.6. The van der Waals surface area contributed by atoms with Gasteiger partial charge in [0.15, 0.2) is 0 Å². The molecule has 0 unspecified atom stereocenters. The van der Waals surface area contributed by atoms with Crippen molar-refractivity contribution in [2.45, 2.75) is 0 Å². The van der Waals surface area contributed by atoms with Crippen LogP contribution in [-0.2, 0) is 0 Å². The maximum Gasteiger partial charge on any atom is 0.114 e. The number of hydrogen-bond acceptors (Lipinski definition) is 4. The summed E-state index contributed by atoms with van der Waals surface area (Å²) >= 11 is 23.8. The van der Waals surface area contributed by atoms with Crippen molar-refractivity contribution in [3.05, 3.63) is 144 Å². The first kappa shape index (κ1) is 25.9. The maximum atomic E-state index is 5.94. The van der Waals surface area contributed by atoms with Crippen molar-refractivity contribution < 1.29 is 0 Å². The fourth-order valence-corrected chi connectivity index (χ4v) is 5.13. The van der Waals surface area contributed by atoms with E-state index in [0.717, 1.165) is 22.3 Å². The number of rotatable bonds is 7. The molecule has 0 heterocycles. The summed E-state index contributed by atoms with van der Waals surface area (Å²) in [4.78, 5) is 6.68. The Bertz CT molecular complexity index is 1130. The van der Waals surface area contributed by atoms with Crippen LogP contribution in [0.4, 0.5) is 0 Å². The minimum absolute atomic E-state index is 0.515. The van der Waals surface area contributed by atoms with E-state index < -0.39 is 0 Å². The van der Waals surface area contributed by atoms with Crippen molar-refractivity contribution in [1.29, 1.82) is 0 Å². The van der Waals surface area contributed by atoms with E-state index in [-0.39, 0.29) is 0 Å². The second kappa shape index (κ2) is 12.7. The summed E-state index contributed by atoms with van der Waals surface area (Å²) in [5.41, 5.74) is 3.75. The van der Waals surface area contributed by atoms with Crippen molar-refractivity contribution >= 4 is 68.8 Å². The zero-order chi connectivity index (χ0) is 25.3. The Hall–Kier alpha value is -3.16. The molecule has 4 aromatic carbocycles. The molecule has 0 amide bonds. The summed E-state index contributed by atoms with van der Waals surface area (Å²) in [6.45, 7) is 1.03. The Kier molecular flexibility index (Phi) is 9.14. The highest BCUT2D eigenvalue weighted by Gasteiger charge is 2.23. The van der Waals surface area contributed by atoms with Gasteiger partial charge >= 0.3 is 0 Å². The van der Waals surface area contributed by atoms with Crippen LogP contribution in [0.2, 0.25) is 0 Å². The van der Waals surface area contributed by atoms with E-state index in [1.54, 1.807) is 0 Å². The Morgan fingerprint density at radius 3 is 0.750 bits per heavy atom. The molecule has 0 radical (unpaired) electrons. The van der Waals surface area contributed by atoms with Gasteiger partial charge in [0.25, 0.3) is 0 Å². The molecule has 36 heavy (non-hydrogen) atoms. The van der Waals surface area contributed by atoms with Gasteiger partial charge in [-0.25, -0.2) is 0 Å². The van der Waals surface area contributed by atoms with E-state index in [0.29, 0.717) is 33.0 Å². The van der Waals surface area contributed by atoms with Crippen LogP contribution >= 0.6 is 48.9 Å². The van der Waals surface area contributed by atoms with Gasteiger partial charge in [-0.1, -0.05) is 170 Å². The highest BCUT2D eigenvalue weighted by molar-refractivity contribution is 7.82. The van der Waals surface area contributed by atoms with Crippen molar-refractivity contribution in [2.75, 3.05) is 13.1 Å². The normalized spacial score (nSPS) is 10.3. The average Bonchev–Trinajstić information content (AvgIpc) is 2.96. The summed E-state index contributed by atoms with van der Waals surface area (Å²) in [7, 11) is 0. The minimum Gasteiger partial charge on any atom is -0.321 e. The number of benzene rings is 4. The zero-order valence-corrected chi connectivity index (χ0v) is 22.8. The molecule has 178 valence electrons. The number of nitrogens with zero attached hydrogens (tertiary/aromatic N) is 2. The van der Waals surface area contributed by atoms with Crippen LogP contribution in [0.15, 0.2) is 121 Å². The highest BCUT2D eigenvalue weighted by atomic mass is 32.1. The summed E-state index contributed by atoms with van der Waals surface area (Å²) in [5, 5.41) is 0. The summed E-state index contributed by atoms with van der Waals surface area (Å²) in [6.07, 6.45) is 0. The van der Waals surface area contributed by atoms with Crippen LogP contribution in [0.3, 0.4) is 0 Å². The van der Waals surface area contributed by atoms with Gasteiger partial charge < -0.3 is 9.80 Å². The largest absolute Gasteiger partial charge is 0.321 e. The molecule has 0 saturated heterocycles. The quantitative estimate of drug-likeness (QED) is 0.229. The van der Waals surface area contributed by atoms with E-state index in [2.05, 4.69) is 0 Å². The molecule has 0 aliphatic heterocycles. The van der Waals surface area contributed by atoms with Gasteiger partial charge in [-0.05, 0) is 0 Å². The second-order valence-electron chi connectivity index (χ2n) is 7.99. The van der Waals surface area contributed by atoms with Crippen molar-refractivity contribution in [3.8, 4) is 0 Å². The van der Waals surface area contributed by atoms with Crippen LogP contribution in [0, 0.1) is 0 Å². The van der Waals surface area contributed by atoms with E-state index >= 15 is 0 Å². The summed E-state index contributed by atoms with van der Waals surface area (Å²) < 4.78 is 0. The molecule has 4 rings (SSSR count). The van der Waals surface area contributed by atoms with Gasteiger partial charge in [-0.3, -0.25) is 0 Å². The van der Waals surface area contributed by atoms with Crippen molar-refractivity contribution in [2.24, 2.45) is 0 Å². The average molecular weight is 541 g/mol. The number of hydrogen-bond donors (Lipinski definition) is 0. The fraction of sp³-hybridized carbons (Fsp3) is 0.0667. The lowest BCUT2D eigenvalue weighted by atomic mass is 10.1. The molecule has 0 N–H and O–H groups in total. The molecular formula is C30H24N2S4. The Balaban J connectivity index is 1.66.